The molecule has 19 heavy (non-hydrogen) atoms. The molecule has 0 aliphatic carbocycles. The van der Waals surface area contributed by atoms with Crippen molar-refractivity contribution >= 4 is 17.3 Å². The van der Waals surface area contributed by atoms with Crippen molar-refractivity contribution in [2.45, 2.75) is 71.3 Å². The third-order valence-corrected chi connectivity index (χ3v) is 3.29. The van der Waals surface area contributed by atoms with Crippen molar-refractivity contribution in [2.24, 2.45) is 0 Å². The van der Waals surface area contributed by atoms with E-state index in [1.54, 1.807) is 14.0 Å². The molecule has 0 fully saturated rings. The smallest absolute Gasteiger partial charge is 0.146 e. The minimum Gasteiger partial charge on any atom is -0.311 e. The third kappa shape index (κ3) is 10.6. The van der Waals surface area contributed by atoms with Crippen LogP contribution in [0.1, 0.15) is 65.2 Å². The predicted molar refractivity (Wildman–Crippen MR) is 76.2 cm³/mol. The summed E-state index contributed by atoms with van der Waals surface area (Å²) in [5.41, 5.74) is 0. The molecule has 110 valence electrons. The molecule has 0 aromatic rings. The summed E-state index contributed by atoms with van der Waals surface area (Å²) in [5, 5.41) is 3.00. The average molecular weight is 269 g/mol. The summed E-state index contributed by atoms with van der Waals surface area (Å²) in [7, 11) is 1.81. The molecule has 0 aromatic heterocycles. The van der Waals surface area contributed by atoms with Gasteiger partial charge in [0.25, 0.3) is 0 Å². The lowest BCUT2D eigenvalue weighted by Crippen LogP contribution is -2.31. The Kier molecular flexibility index (Phi) is 10.3. The number of hydrogen-bond donors (Lipinski definition) is 1. The van der Waals surface area contributed by atoms with Gasteiger partial charge in [0.05, 0.1) is 6.04 Å². The highest BCUT2D eigenvalue weighted by Crippen LogP contribution is 2.09. The van der Waals surface area contributed by atoms with Gasteiger partial charge in [-0.05, 0) is 33.7 Å². The van der Waals surface area contributed by atoms with E-state index in [1.807, 2.05) is 0 Å². The minimum atomic E-state index is -0.0304. The Labute approximate surface area is 116 Å². The van der Waals surface area contributed by atoms with Gasteiger partial charge in [0.15, 0.2) is 0 Å². The van der Waals surface area contributed by atoms with Crippen molar-refractivity contribution in [3.63, 3.8) is 0 Å². The zero-order valence-corrected chi connectivity index (χ0v) is 12.5. The highest BCUT2D eigenvalue weighted by atomic mass is 16.1. The Morgan fingerprint density at radius 1 is 0.895 bits per heavy atom. The average Bonchev–Trinajstić information content (AvgIpc) is 2.35. The van der Waals surface area contributed by atoms with Gasteiger partial charge in [0.2, 0.25) is 0 Å². The van der Waals surface area contributed by atoms with Crippen LogP contribution in [0.4, 0.5) is 0 Å². The summed E-state index contributed by atoms with van der Waals surface area (Å²) in [6, 6.07) is -0.0304. The van der Waals surface area contributed by atoms with Crippen LogP contribution in [0.15, 0.2) is 0 Å². The Bertz CT molecular complexity index is 300. The van der Waals surface area contributed by atoms with Crippen molar-refractivity contribution in [1.29, 1.82) is 0 Å². The van der Waals surface area contributed by atoms with Crippen LogP contribution >= 0.6 is 0 Å². The molecule has 0 heterocycles. The molecular formula is C15H27NO3. The summed E-state index contributed by atoms with van der Waals surface area (Å²) in [5.74, 6) is 0.449. The summed E-state index contributed by atoms with van der Waals surface area (Å²) >= 11 is 0. The molecule has 0 radical (unpaired) electrons. The van der Waals surface area contributed by atoms with Crippen LogP contribution in [-0.4, -0.2) is 30.4 Å². The second-order valence-corrected chi connectivity index (χ2v) is 5.15. The van der Waals surface area contributed by atoms with Gasteiger partial charge in [-0.15, -0.1) is 0 Å². The summed E-state index contributed by atoms with van der Waals surface area (Å²) < 4.78 is 0. The Morgan fingerprint density at radius 3 is 2.05 bits per heavy atom. The number of carbonyl (C=O) groups is 3. The fourth-order valence-corrected chi connectivity index (χ4v) is 2.02. The van der Waals surface area contributed by atoms with Gasteiger partial charge < -0.3 is 10.1 Å². The van der Waals surface area contributed by atoms with Gasteiger partial charge in [-0.25, -0.2) is 0 Å². The molecule has 0 rings (SSSR count). The molecule has 0 amide bonds. The van der Waals surface area contributed by atoms with E-state index in [0.29, 0.717) is 19.3 Å². The number of carbonyl (C=O) groups excluding carboxylic acids is 3. The van der Waals surface area contributed by atoms with E-state index in [0.717, 1.165) is 32.1 Å². The van der Waals surface area contributed by atoms with E-state index in [-0.39, 0.29) is 23.4 Å². The maximum atomic E-state index is 11.4. The number of hydrogen-bond acceptors (Lipinski definition) is 4. The predicted octanol–water partition coefficient (Wildman–Crippen LogP) is 2.44. The molecular weight excluding hydrogens is 242 g/mol. The van der Waals surface area contributed by atoms with Crippen LogP contribution in [0.3, 0.4) is 0 Å². The maximum absolute atomic E-state index is 11.4. The molecule has 0 aliphatic heterocycles. The third-order valence-electron chi connectivity index (χ3n) is 3.29. The first kappa shape index (κ1) is 18.0. The lowest BCUT2D eigenvalue weighted by molar-refractivity contribution is -0.123. The molecule has 4 nitrogen and oxygen atoms in total. The number of likely N-dealkylation sites (N-methyl/N-ethyl adjacent to an activating group) is 1. The number of ketones is 3. The second-order valence-electron chi connectivity index (χ2n) is 5.15. The first-order valence-corrected chi connectivity index (χ1v) is 7.16. The van der Waals surface area contributed by atoms with Crippen LogP contribution in [-0.2, 0) is 14.4 Å². The summed E-state index contributed by atoms with van der Waals surface area (Å²) in [6.07, 6.45) is 6.17. The van der Waals surface area contributed by atoms with Crippen molar-refractivity contribution < 1.29 is 14.4 Å². The molecule has 1 unspecified atom stereocenters. The molecule has 0 spiro atoms. The highest BCUT2D eigenvalue weighted by molar-refractivity contribution is 5.84. The van der Waals surface area contributed by atoms with Crippen molar-refractivity contribution in [1.82, 2.24) is 5.32 Å². The van der Waals surface area contributed by atoms with E-state index in [4.69, 9.17) is 0 Å². The Morgan fingerprint density at radius 2 is 1.53 bits per heavy atom. The highest BCUT2D eigenvalue weighted by Gasteiger charge is 2.10. The summed E-state index contributed by atoms with van der Waals surface area (Å²) in [6.45, 7) is 3.12. The van der Waals surface area contributed by atoms with E-state index < -0.39 is 0 Å². The van der Waals surface area contributed by atoms with E-state index in [2.05, 4.69) is 5.32 Å². The first-order valence-electron chi connectivity index (χ1n) is 7.16. The lowest BCUT2D eigenvalue weighted by atomic mass is 10.0. The van der Waals surface area contributed by atoms with Crippen LogP contribution < -0.4 is 5.32 Å². The lowest BCUT2D eigenvalue weighted by Gasteiger charge is -2.11. The fourth-order valence-electron chi connectivity index (χ4n) is 2.02. The SMILES string of the molecule is CNC(CCCCCCC(=O)CCC(C)=O)C(C)=O. The van der Waals surface area contributed by atoms with Crippen molar-refractivity contribution in [2.75, 3.05) is 7.05 Å². The molecule has 1 atom stereocenters. The topological polar surface area (TPSA) is 63.2 Å². The van der Waals surface area contributed by atoms with Gasteiger partial charge in [-0.3, -0.25) is 9.59 Å². The van der Waals surface area contributed by atoms with Crippen LogP contribution in [0.2, 0.25) is 0 Å². The minimum absolute atomic E-state index is 0.0304. The van der Waals surface area contributed by atoms with Gasteiger partial charge in [-0.1, -0.05) is 19.3 Å². The largest absolute Gasteiger partial charge is 0.311 e. The Balaban J connectivity index is 3.47. The molecule has 0 bridgehead atoms. The Hall–Kier alpha value is -1.03. The van der Waals surface area contributed by atoms with E-state index in [1.165, 1.54) is 6.92 Å². The number of Topliss-reactive ketones (excluding diaryl/α,β-unsaturated/α-hetero) is 3. The quantitative estimate of drug-likeness (QED) is 0.553. The zero-order valence-electron chi connectivity index (χ0n) is 12.5. The standard InChI is InChI=1S/C15H27NO3/c1-12(17)10-11-14(19)8-6-4-5-7-9-15(16-3)13(2)18/h15-16H,4-11H2,1-3H3. The monoisotopic (exact) mass is 269 g/mol. The van der Waals surface area contributed by atoms with Gasteiger partial charge >= 0.3 is 0 Å². The number of nitrogens with one attached hydrogen (secondary N) is 1. The summed E-state index contributed by atoms with van der Waals surface area (Å²) in [4.78, 5) is 33.3. The van der Waals surface area contributed by atoms with E-state index in [9.17, 15) is 14.4 Å². The van der Waals surface area contributed by atoms with Gasteiger partial charge in [0, 0.05) is 19.3 Å². The fraction of sp³-hybridized carbons (Fsp3) is 0.800. The molecule has 0 aliphatic rings. The van der Waals surface area contributed by atoms with Crippen LogP contribution in [0.25, 0.3) is 0 Å². The van der Waals surface area contributed by atoms with Crippen molar-refractivity contribution in [3.8, 4) is 0 Å². The number of rotatable bonds is 12. The molecule has 0 aromatic carbocycles. The maximum Gasteiger partial charge on any atom is 0.146 e. The molecule has 0 saturated heterocycles. The molecule has 4 heteroatoms. The second kappa shape index (κ2) is 10.9. The van der Waals surface area contributed by atoms with E-state index >= 15 is 0 Å². The van der Waals surface area contributed by atoms with Crippen LogP contribution in [0.5, 0.6) is 0 Å². The van der Waals surface area contributed by atoms with Gasteiger partial charge in [-0.2, -0.15) is 0 Å². The molecule has 0 saturated carbocycles. The van der Waals surface area contributed by atoms with Crippen LogP contribution in [0, 0.1) is 0 Å². The van der Waals surface area contributed by atoms with Gasteiger partial charge in [0.1, 0.15) is 17.3 Å². The molecule has 1 N–H and O–H groups in total. The zero-order chi connectivity index (χ0) is 14.7. The first-order chi connectivity index (χ1) is 8.97. The van der Waals surface area contributed by atoms with Crippen molar-refractivity contribution in [3.05, 3.63) is 0 Å². The normalized spacial score (nSPS) is 12.2. The number of unbranched alkanes of at least 4 members (excludes halogenated alkanes) is 3.